The zero-order chi connectivity index (χ0) is 9.76. The van der Waals surface area contributed by atoms with E-state index in [1.807, 2.05) is 0 Å². The van der Waals surface area contributed by atoms with E-state index >= 15 is 0 Å². The number of hydrogen-bond donors (Lipinski definition) is 0. The van der Waals surface area contributed by atoms with E-state index < -0.39 is 0 Å². The van der Waals surface area contributed by atoms with Crippen molar-refractivity contribution in [2.75, 3.05) is 4.90 Å². The maximum atomic E-state index is 2.64. The molecule has 0 aromatic heterocycles. The molecular weight excluding hydrogens is 170 g/mol. The Morgan fingerprint density at radius 1 is 1.21 bits per heavy atom. The minimum Gasteiger partial charge on any atom is -0.363 e. The van der Waals surface area contributed by atoms with Gasteiger partial charge in [0.15, 0.2) is 0 Å². The van der Waals surface area contributed by atoms with Crippen molar-refractivity contribution in [2.24, 2.45) is 0 Å². The Morgan fingerprint density at radius 2 is 1.93 bits per heavy atom. The second-order valence-corrected chi connectivity index (χ2v) is 4.99. The van der Waals surface area contributed by atoms with Gasteiger partial charge in [0, 0.05) is 17.3 Å². The lowest BCUT2D eigenvalue weighted by Crippen LogP contribution is -2.39. The van der Waals surface area contributed by atoms with E-state index in [2.05, 4.69) is 43.0 Å². The number of benzene rings is 1. The highest BCUT2D eigenvalue weighted by Crippen LogP contribution is 2.53. The fraction of sp³-hybridized carbons (Fsp3) is 0.538. The summed E-state index contributed by atoms with van der Waals surface area (Å²) < 4.78 is 0. The highest BCUT2D eigenvalue weighted by Gasteiger charge is 2.53. The lowest BCUT2D eigenvalue weighted by molar-refractivity contribution is 0.561. The first-order valence-corrected chi connectivity index (χ1v) is 5.60. The van der Waals surface area contributed by atoms with Crippen LogP contribution < -0.4 is 4.90 Å². The molecule has 1 saturated carbocycles. The summed E-state index contributed by atoms with van der Waals surface area (Å²) in [5.41, 5.74) is 3.57. The zero-order valence-corrected chi connectivity index (χ0v) is 8.96. The molecule has 1 fully saturated rings. The van der Waals surface area contributed by atoms with Crippen LogP contribution in [0.3, 0.4) is 0 Å². The van der Waals surface area contributed by atoms with E-state index in [-0.39, 0.29) is 0 Å². The van der Waals surface area contributed by atoms with Crippen molar-refractivity contribution in [3.8, 4) is 0 Å². The van der Waals surface area contributed by atoms with Gasteiger partial charge in [-0.2, -0.15) is 0 Å². The average Bonchev–Trinajstić information content (AvgIpc) is 2.81. The third-order valence-corrected chi connectivity index (χ3v) is 3.63. The van der Waals surface area contributed by atoms with E-state index in [4.69, 9.17) is 0 Å². The van der Waals surface area contributed by atoms with Crippen molar-refractivity contribution in [3.05, 3.63) is 29.8 Å². The minimum absolute atomic E-state index is 0.526. The van der Waals surface area contributed by atoms with Crippen LogP contribution >= 0.6 is 0 Å². The smallest absolute Gasteiger partial charge is 0.0448 e. The zero-order valence-electron chi connectivity index (χ0n) is 8.96. The van der Waals surface area contributed by atoms with Gasteiger partial charge in [0.2, 0.25) is 0 Å². The molecule has 14 heavy (non-hydrogen) atoms. The van der Waals surface area contributed by atoms with E-state index in [1.165, 1.54) is 24.9 Å². The van der Waals surface area contributed by atoms with Crippen molar-refractivity contribution in [3.63, 3.8) is 0 Å². The maximum Gasteiger partial charge on any atom is 0.0448 e. The topological polar surface area (TPSA) is 3.24 Å². The van der Waals surface area contributed by atoms with Crippen LogP contribution in [-0.2, 0) is 6.42 Å². The van der Waals surface area contributed by atoms with Crippen LogP contribution in [0.4, 0.5) is 5.69 Å². The highest BCUT2D eigenvalue weighted by molar-refractivity contribution is 5.64. The van der Waals surface area contributed by atoms with Gasteiger partial charge in [0.05, 0.1) is 0 Å². The predicted octanol–water partition coefficient (Wildman–Crippen LogP) is 2.99. The summed E-state index contributed by atoms with van der Waals surface area (Å²) in [6, 6.07) is 9.54. The summed E-state index contributed by atoms with van der Waals surface area (Å²) in [7, 11) is 0. The largest absolute Gasteiger partial charge is 0.363 e. The Labute approximate surface area is 85.7 Å². The van der Waals surface area contributed by atoms with E-state index in [0.29, 0.717) is 11.6 Å². The number of fused-ring (bicyclic) bond motifs is 1. The summed E-state index contributed by atoms with van der Waals surface area (Å²) >= 11 is 0. The maximum absolute atomic E-state index is 2.64. The van der Waals surface area contributed by atoms with Gasteiger partial charge >= 0.3 is 0 Å². The molecular formula is C13H17N. The van der Waals surface area contributed by atoms with Crippen LogP contribution in [0.25, 0.3) is 0 Å². The standard InChI is InChI=1S/C13H17N/c1-10(2)14-12-6-4-3-5-11(12)9-13(14)7-8-13/h3-6,10H,7-9H2,1-2H3. The molecule has 1 heterocycles. The molecule has 3 rings (SSSR count). The molecule has 0 amide bonds. The number of para-hydroxylation sites is 1. The first kappa shape index (κ1) is 8.34. The number of nitrogens with zero attached hydrogens (tertiary/aromatic N) is 1. The van der Waals surface area contributed by atoms with Gasteiger partial charge in [-0.1, -0.05) is 18.2 Å². The molecule has 0 radical (unpaired) electrons. The van der Waals surface area contributed by atoms with Gasteiger partial charge in [-0.25, -0.2) is 0 Å². The molecule has 1 nitrogen and oxygen atoms in total. The Hall–Kier alpha value is -0.980. The normalized spacial score (nSPS) is 21.8. The van der Waals surface area contributed by atoms with E-state index in [9.17, 15) is 0 Å². The molecule has 1 spiro atoms. The van der Waals surface area contributed by atoms with Gasteiger partial charge in [-0.3, -0.25) is 0 Å². The number of anilines is 1. The van der Waals surface area contributed by atoms with Gasteiger partial charge in [0.25, 0.3) is 0 Å². The first-order valence-electron chi connectivity index (χ1n) is 5.60. The van der Waals surface area contributed by atoms with Crippen LogP contribution in [0.2, 0.25) is 0 Å². The van der Waals surface area contributed by atoms with Crippen LogP contribution in [0.1, 0.15) is 32.3 Å². The van der Waals surface area contributed by atoms with Gasteiger partial charge in [0.1, 0.15) is 0 Å². The van der Waals surface area contributed by atoms with Crippen LogP contribution in [0.15, 0.2) is 24.3 Å². The highest BCUT2D eigenvalue weighted by atomic mass is 15.3. The summed E-state index contributed by atoms with van der Waals surface area (Å²) in [5, 5.41) is 0. The van der Waals surface area contributed by atoms with Gasteiger partial charge < -0.3 is 4.90 Å². The summed E-state index contributed by atoms with van der Waals surface area (Å²) in [5.74, 6) is 0. The summed E-state index contributed by atoms with van der Waals surface area (Å²) in [6.45, 7) is 4.62. The quantitative estimate of drug-likeness (QED) is 0.653. The predicted molar refractivity (Wildman–Crippen MR) is 59.7 cm³/mol. The third-order valence-electron chi connectivity index (χ3n) is 3.63. The minimum atomic E-state index is 0.526. The Bertz CT molecular complexity index is 363. The monoisotopic (exact) mass is 187 g/mol. The second-order valence-electron chi connectivity index (χ2n) is 4.99. The van der Waals surface area contributed by atoms with Crippen molar-refractivity contribution < 1.29 is 0 Å². The van der Waals surface area contributed by atoms with Crippen molar-refractivity contribution >= 4 is 5.69 Å². The molecule has 0 saturated heterocycles. The lowest BCUT2D eigenvalue weighted by Gasteiger charge is -2.31. The SMILES string of the molecule is CC(C)N1c2ccccc2CC12CC2. The van der Waals surface area contributed by atoms with Crippen molar-refractivity contribution in [1.29, 1.82) is 0 Å². The summed E-state index contributed by atoms with van der Waals surface area (Å²) in [6.07, 6.45) is 4.06. The molecule has 1 heteroatoms. The van der Waals surface area contributed by atoms with E-state index in [0.717, 1.165) is 0 Å². The Morgan fingerprint density at radius 3 is 2.57 bits per heavy atom. The fourth-order valence-corrected chi connectivity index (χ4v) is 2.98. The molecule has 0 bridgehead atoms. The third kappa shape index (κ3) is 0.956. The molecule has 0 atom stereocenters. The fourth-order valence-electron chi connectivity index (χ4n) is 2.98. The Kier molecular flexibility index (Phi) is 1.51. The summed E-state index contributed by atoms with van der Waals surface area (Å²) in [4.78, 5) is 2.64. The molecule has 1 aliphatic heterocycles. The second kappa shape index (κ2) is 2.53. The number of hydrogen-bond acceptors (Lipinski definition) is 1. The van der Waals surface area contributed by atoms with Crippen LogP contribution in [0.5, 0.6) is 0 Å². The van der Waals surface area contributed by atoms with Gasteiger partial charge in [-0.05, 0) is 44.7 Å². The van der Waals surface area contributed by atoms with E-state index in [1.54, 1.807) is 5.56 Å². The molecule has 0 N–H and O–H groups in total. The molecule has 1 aromatic carbocycles. The van der Waals surface area contributed by atoms with Crippen LogP contribution in [-0.4, -0.2) is 11.6 Å². The first-order chi connectivity index (χ1) is 6.73. The van der Waals surface area contributed by atoms with Crippen molar-refractivity contribution in [2.45, 2.75) is 44.7 Å². The molecule has 1 aromatic rings. The molecule has 1 aliphatic carbocycles. The average molecular weight is 187 g/mol. The molecule has 2 aliphatic rings. The molecule has 74 valence electrons. The lowest BCUT2D eigenvalue weighted by atomic mass is 10.1. The van der Waals surface area contributed by atoms with Crippen molar-refractivity contribution in [1.82, 2.24) is 0 Å². The van der Waals surface area contributed by atoms with Crippen LogP contribution in [0, 0.1) is 0 Å². The number of rotatable bonds is 1. The van der Waals surface area contributed by atoms with Gasteiger partial charge in [-0.15, -0.1) is 0 Å². The Balaban J connectivity index is 2.09. The molecule has 0 unspecified atom stereocenters.